The summed E-state index contributed by atoms with van der Waals surface area (Å²) in [6.45, 7) is 8.05. The molecule has 5 nitrogen and oxygen atoms in total. The molecule has 0 aliphatic rings. The Morgan fingerprint density at radius 2 is 2.12 bits per heavy atom. The zero-order valence-corrected chi connectivity index (χ0v) is 15.9. The number of benzene rings is 1. The van der Waals surface area contributed by atoms with Crippen molar-refractivity contribution in [2.75, 3.05) is 26.2 Å². The Balaban J connectivity index is 1.83. The van der Waals surface area contributed by atoms with Crippen LogP contribution in [0.2, 0.25) is 0 Å². The second-order valence-electron chi connectivity index (χ2n) is 6.04. The second kappa shape index (κ2) is 9.44. The Morgan fingerprint density at radius 3 is 2.80 bits per heavy atom. The van der Waals surface area contributed by atoms with Gasteiger partial charge in [-0.15, -0.1) is 11.3 Å². The predicted octanol–water partition coefficient (Wildman–Crippen LogP) is 2.90. The first-order valence-corrected chi connectivity index (χ1v) is 9.37. The molecule has 1 heterocycles. The van der Waals surface area contributed by atoms with Crippen molar-refractivity contribution < 1.29 is 9.84 Å². The Morgan fingerprint density at radius 1 is 1.28 bits per heavy atom. The normalized spacial score (nSPS) is 14.0. The van der Waals surface area contributed by atoms with E-state index in [1.165, 1.54) is 16.9 Å². The van der Waals surface area contributed by atoms with E-state index in [2.05, 4.69) is 15.6 Å². The lowest BCUT2D eigenvalue weighted by Gasteiger charge is -2.20. The zero-order chi connectivity index (χ0) is 18.1. The molecule has 1 unspecified atom stereocenters. The van der Waals surface area contributed by atoms with Gasteiger partial charge in [-0.05, 0) is 49.9 Å². The van der Waals surface area contributed by atoms with Crippen LogP contribution in [0.4, 0.5) is 0 Å². The third-order valence-electron chi connectivity index (χ3n) is 3.59. The van der Waals surface area contributed by atoms with Crippen molar-refractivity contribution in [3.63, 3.8) is 0 Å². The maximum atomic E-state index is 10.6. The molecule has 136 valence electrons. The molecule has 0 aliphatic heterocycles. The van der Waals surface area contributed by atoms with Crippen LogP contribution in [0.5, 0.6) is 5.75 Å². The summed E-state index contributed by atoms with van der Waals surface area (Å²) in [4.78, 5) is 5.41. The van der Waals surface area contributed by atoms with Gasteiger partial charge in [0.1, 0.15) is 18.0 Å². The van der Waals surface area contributed by atoms with Gasteiger partial charge in [-0.3, -0.25) is 0 Å². The van der Waals surface area contributed by atoms with Crippen molar-refractivity contribution in [3.8, 4) is 5.75 Å². The minimum absolute atomic E-state index is 0.293. The summed E-state index contributed by atoms with van der Waals surface area (Å²) in [7, 11) is 0. The Hall–Kier alpha value is -2.05. The molecule has 1 aromatic carbocycles. The van der Waals surface area contributed by atoms with Crippen molar-refractivity contribution >= 4 is 17.3 Å². The molecule has 3 N–H and O–H groups in total. The number of aliphatic imine (C=N–C) groups is 1. The van der Waals surface area contributed by atoms with Gasteiger partial charge in [0.2, 0.25) is 0 Å². The van der Waals surface area contributed by atoms with Crippen LogP contribution >= 0.6 is 11.3 Å². The lowest BCUT2D eigenvalue weighted by Crippen LogP contribution is -2.40. The van der Waals surface area contributed by atoms with Crippen molar-refractivity contribution in [3.05, 3.63) is 52.2 Å². The molecular weight excluding hydrogens is 334 g/mol. The summed E-state index contributed by atoms with van der Waals surface area (Å²) < 4.78 is 5.73. The van der Waals surface area contributed by atoms with Gasteiger partial charge < -0.3 is 20.5 Å². The number of nitrogens with one attached hydrogen (secondary N) is 2. The fourth-order valence-corrected chi connectivity index (χ4v) is 3.06. The summed E-state index contributed by atoms with van der Waals surface area (Å²) in [6.07, 6.45) is 0. The summed E-state index contributed by atoms with van der Waals surface area (Å²) in [6, 6.07) is 11.8. The Labute approximate surface area is 153 Å². The average molecular weight is 362 g/mol. The van der Waals surface area contributed by atoms with Crippen LogP contribution in [0.25, 0.3) is 0 Å². The molecule has 0 saturated carbocycles. The smallest absolute Gasteiger partial charge is 0.191 e. The highest BCUT2D eigenvalue weighted by Gasteiger charge is 2.23. The fourth-order valence-electron chi connectivity index (χ4n) is 2.28. The number of thiophene rings is 1. The highest BCUT2D eigenvalue weighted by Crippen LogP contribution is 2.25. The van der Waals surface area contributed by atoms with Crippen molar-refractivity contribution in [2.24, 2.45) is 4.99 Å². The van der Waals surface area contributed by atoms with Crippen LogP contribution in [0.3, 0.4) is 0 Å². The molecule has 0 fully saturated rings. The Kier molecular flexibility index (Phi) is 7.28. The largest absolute Gasteiger partial charge is 0.492 e. The van der Waals surface area contributed by atoms with E-state index in [4.69, 9.17) is 4.74 Å². The first-order chi connectivity index (χ1) is 12.0. The van der Waals surface area contributed by atoms with E-state index in [1.807, 2.05) is 55.6 Å². The standard InChI is InChI=1S/C19H27N3O2S/c1-4-20-18(22-14-19(3,23)17-9-6-12-25-17)21-10-11-24-16-8-5-7-15(2)13-16/h5-9,12-13,23H,4,10-11,14H2,1-3H3,(H2,20,21,22). The maximum Gasteiger partial charge on any atom is 0.191 e. The number of nitrogens with zero attached hydrogens (tertiary/aromatic N) is 1. The van der Waals surface area contributed by atoms with Crippen molar-refractivity contribution in [2.45, 2.75) is 26.4 Å². The number of hydrogen-bond acceptors (Lipinski definition) is 4. The monoisotopic (exact) mass is 361 g/mol. The molecule has 25 heavy (non-hydrogen) atoms. The Bertz CT molecular complexity index is 669. The molecular formula is C19H27N3O2S. The van der Waals surface area contributed by atoms with Gasteiger partial charge in [0.25, 0.3) is 0 Å². The summed E-state index contributed by atoms with van der Waals surface area (Å²) in [5.41, 5.74) is 0.213. The van der Waals surface area contributed by atoms with Crippen molar-refractivity contribution in [1.29, 1.82) is 0 Å². The van der Waals surface area contributed by atoms with Crippen LogP contribution < -0.4 is 15.4 Å². The molecule has 1 atom stereocenters. The van der Waals surface area contributed by atoms with Crippen LogP contribution in [-0.2, 0) is 5.60 Å². The van der Waals surface area contributed by atoms with Gasteiger partial charge in [-0.1, -0.05) is 18.2 Å². The summed E-state index contributed by atoms with van der Waals surface area (Å²) >= 11 is 1.54. The van der Waals surface area contributed by atoms with Gasteiger partial charge in [0.15, 0.2) is 5.96 Å². The van der Waals surface area contributed by atoms with Crippen LogP contribution in [0, 0.1) is 6.92 Å². The molecule has 0 aliphatic carbocycles. The first-order valence-electron chi connectivity index (χ1n) is 8.49. The van der Waals surface area contributed by atoms with E-state index in [9.17, 15) is 5.11 Å². The van der Waals surface area contributed by atoms with Crippen LogP contribution in [0.15, 0.2) is 46.8 Å². The van der Waals surface area contributed by atoms with Gasteiger partial charge in [-0.2, -0.15) is 0 Å². The van der Waals surface area contributed by atoms with Gasteiger partial charge in [-0.25, -0.2) is 4.99 Å². The number of ether oxygens (including phenoxy) is 1. The molecule has 2 rings (SSSR count). The number of guanidine groups is 1. The lowest BCUT2D eigenvalue weighted by atomic mass is 10.1. The molecule has 0 saturated heterocycles. The van der Waals surface area contributed by atoms with E-state index in [0.29, 0.717) is 25.7 Å². The zero-order valence-electron chi connectivity index (χ0n) is 15.1. The number of aliphatic hydroxyl groups is 1. The third kappa shape index (κ3) is 6.40. The summed E-state index contributed by atoms with van der Waals surface area (Å²) in [5.74, 6) is 1.54. The van der Waals surface area contributed by atoms with Gasteiger partial charge in [0, 0.05) is 11.4 Å². The minimum atomic E-state index is -0.964. The molecule has 2 aromatic rings. The SMILES string of the molecule is CCNC(=NCC(C)(O)c1cccs1)NCCOc1cccc(C)c1. The molecule has 6 heteroatoms. The minimum Gasteiger partial charge on any atom is -0.492 e. The van der Waals surface area contributed by atoms with E-state index in [1.54, 1.807) is 6.92 Å². The fraction of sp³-hybridized carbons (Fsp3) is 0.421. The third-order valence-corrected chi connectivity index (χ3v) is 4.72. The average Bonchev–Trinajstić information content (AvgIpc) is 3.12. The van der Waals surface area contributed by atoms with Gasteiger partial charge in [0.05, 0.1) is 13.1 Å². The lowest BCUT2D eigenvalue weighted by molar-refractivity contribution is 0.0711. The number of rotatable bonds is 8. The number of hydrogen-bond donors (Lipinski definition) is 3. The quantitative estimate of drug-likeness (QED) is 0.384. The van der Waals surface area contributed by atoms with E-state index in [0.717, 1.165) is 17.2 Å². The first kappa shape index (κ1) is 19.3. The van der Waals surface area contributed by atoms with Crippen molar-refractivity contribution in [1.82, 2.24) is 10.6 Å². The highest BCUT2D eigenvalue weighted by atomic mass is 32.1. The molecule has 0 radical (unpaired) electrons. The van der Waals surface area contributed by atoms with E-state index in [-0.39, 0.29) is 0 Å². The summed E-state index contributed by atoms with van der Waals surface area (Å²) in [5, 5.41) is 18.9. The second-order valence-corrected chi connectivity index (χ2v) is 6.99. The topological polar surface area (TPSA) is 65.9 Å². The highest BCUT2D eigenvalue weighted by molar-refractivity contribution is 7.10. The molecule has 0 spiro atoms. The molecule has 0 bridgehead atoms. The molecule has 0 amide bonds. The van der Waals surface area contributed by atoms with E-state index < -0.39 is 5.60 Å². The van der Waals surface area contributed by atoms with E-state index >= 15 is 0 Å². The number of aryl methyl sites for hydroxylation is 1. The predicted molar refractivity (Wildman–Crippen MR) is 105 cm³/mol. The van der Waals surface area contributed by atoms with Crippen LogP contribution in [-0.4, -0.2) is 37.3 Å². The molecule has 1 aromatic heterocycles. The van der Waals surface area contributed by atoms with Gasteiger partial charge >= 0.3 is 0 Å². The maximum absolute atomic E-state index is 10.6. The van der Waals surface area contributed by atoms with Crippen LogP contribution in [0.1, 0.15) is 24.3 Å².